The fraction of sp³-hybridized carbons (Fsp3) is 0.483. The van der Waals surface area contributed by atoms with Gasteiger partial charge in [0.1, 0.15) is 0 Å². The molecule has 3 heterocycles. The fourth-order valence-electron chi connectivity index (χ4n) is 6.00. The van der Waals surface area contributed by atoms with Gasteiger partial charge in [0.15, 0.2) is 0 Å². The van der Waals surface area contributed by atoms with Gasteiger partial charge >= 0.3 is 0 Å². The average Bonchev–Trinajstić information content (AvgIpc) is 3.40. The minimum atomic E-state index is -0.712. The molecule has 4 nitrogen and oxygen atoms in total. The van der Waals surface area contributed by atoms with Crippen molar-refractivity contribution in [2.24, 2.45) is 5.92 Å². The number of aromatic nitrogens is 1. The highest BCUT2D eigenvalue weighted by molar-refractivity contribution is 7.17. The summed E-state index contributed by atoms with van der Waals surface area (Å²) in [5.74, 6) is 0.238. The maximum absolute atomic E-state index is 11.6. The Hall–Kier alpha value is -2.05. The van der Waals surface area contributed by atoms with Crippen LogP contribution in [-0.4, -0.2) is 52.4 Å². The summed E-state index contributed by atoms with van der Waals surface area (Å²) in [5.41, 5.74) is 2.92. The van der Waals surface area contributed by atoms with Crippen LogP contribution < -0.4 is 0 Å². The summed E-state index contributed by atoms with van der Waals surface area (Å²) < 4.78 is 1.38. The smallest absolute Gasteiger partial charge is 0.0702 e. The molecule has 34 heavy (non-hydrogen) atoms. The first-order chi connectivity index (χ1) is 16.7. The van der Waals surface area contributed by atoms with Gasteiger partial charge in [0.25, 0.3) is 0 Å². The van der Waals surface area contributed by atoms with Crippen LogP contribution in [0, 0.1) is 5.92 Å². The molecule has 1 aliphatic carbocycles. The second-order valence-electron chi connectivity index (χ2n) is 10.0. The lowest BCUT2D eigenvalue weighted by atomic mass is 9.68. The van der Waals surface area contributed by atoms with Gasteiger partial charge < -0.3 is 10.2 Å². The molecule has 1 fully saturated rings. The summed E-state index contributed by atoms with van der Waals surface area (Å²) >= 11 is 1.82. The molecule has 0 bridgehead atoms. The second-order valence-corrected chi connectivity index (χ2v) is 11.0. The van der Waals surface area contributed by atoms with E-state index in [4.69, 9.17) is 0 Å². The molecule has 0 saturated heterocycles. The van der Waals surface area contributed by atoms with Gasteiger partial charge in [-0.1, -0.05) is 49.6 Å². The van der Waals surface area contributed by atoms with Gasteiger partial charge in [0.05, 0.1) is 23.8 Å². The van der Waals surface area contributed by atoms with Crippen molar-refractivity contribution in [1.82, 2.24) is 9.88 Å². The van der Waals surface area contributed by atoms with Crippen molar-refractivity contribution in [2.45, 2.75) is 56.5 Å². The molecule has 2 aliphatic rings. The molecule has 2 aromatic heterocycles. The summed E-state index contributed by atoms with van der Waals surface area (Å²) in [6, 6.07) is 14.7. The van der Waals surface area contributed by atoms with Crippen LogP contribution in [0.1, 0.15) is 56.2 Å². The SMILES string of the molecule is OCC(CCN1CC=C(c2cccc3ccsc23)CC1)(c1ccccn1)C(O)C1CCCCC1. The predicted octanol–water partition coefficient (Wildman–Crippen LogP) is 5.65. The Balaban J connectivity index is 1.32. The minimum absolute atomic E-state index is 0.0724. The third-order valence-electron chi connectivity index (χ3n) is 8.11. The zero-order valence-corrected chi connectivity index (χ0v) is 20.7. The van der Waals surface area contributed by atoms with Crippen molar-refractivity contribution in [2.75, 3.05) is 26.2 Å². The first-order valence-electron chi connectivity index (χ1n) is 12.8. The van der Waals surface area contributed by atoms with E-state index in [1.54, 1.807) is 6.20 Å². The first-order valence-corrected chi connectivity index (χ1v) is 13.7. The molecule has 0 radical (unpaired) electrons. The number of rotatable bonds is 8. The van der Waals surface area contributed by atoms with Gasteiger partial charge in [0.2, 0.25) is 0 Å². The van der Waals surface area contributed by atoms with Crippen LogP contribution in [-0.2, 0) is 5.41 Å². The summed E-state index contributed by atoms with van der Waals surface area (Å²) in [4.78, 5) is 7.09. The topological polar surface area (TPSA) is 56.6 Å². The predicted molar refractivity (Wildman–Crippen MR) is 141 cm³/mol. The maximum Gasteiger partial charge on any atom is 0.0702 e. The van der Waals surface area contributed by atoms with Gasteiger partial charge in [0, 0.05) is 24.0 Å². The lowest BCUT2D eigenvalue weighted by Crippen LogP contribution is -2.50. The largest absolute Gasteiger partial charge is 0.395 e. The highest BCUT2D eigenvalue weighted by atomic mass is 32.1. The number of aliphatic hydroxyl groups excluding tert-OH is 2. The third-order valence-corrected chi connectivity index (χ3v) is 9.08. The van der Waals surface area contributed by atoms with E-state index in [-0.39, 0.29) is 12.5 Å². The monoisotopic (exact) mass is 476 g/mol. The van der Waals surface area contributed by atoms with Crippen molar-refractivity contribution in [3.05, 3.63) is 71.4 Å². The summed E-state index contributed by atoms with van der Waals surface area (Å²) in [6.45, 7) is 2.67. The van der Waals surface area contributed by atoms with E-state index in [0.717, 1.165) is 44.6 Å². The Kier molecular flexibility index (Phi) is 7.45. The molecule has 1 saturated carbocycles. The lowest BCUT2D eigenvalue weighted by Gasteiger charge is -2.42. The van der Waals surface area contributed by atoms with Crippen molar-refractivity contribution in [3.63, 3.8) is 0 Å². The zero-order chi connectivity index (χ0) is 23.4. The number of nitrogens with zero attached hydrogens (tertiary/aromatic N) is 2. The number of hydrogen-bond donors (Lipinski definition) is 2. The van der Waals surface area contributed by atoms with E-state index in [1.807, 2.05) is 29.5 Å². The molecule has 180 valence electrons. The van der Waals surface area contributed by atoms with Crippen molar-refractivity contribution in [3.8, 4) is 0 Å². The lowest BCUT2D eigenvalue weighted by molar-refractivity contribution is -0.0240. The molecule has 2 atom stereocenters. The molecule has 3 aromatic rings. The molecular weight excluding hydrogens is 440 g/mol. The first kappa shape index (κ1) is 23.7. The van der Waals surface area contributed by atoms with Crippen LogP contribution in [0.2, 0.25) is 0 Å². The van der Waals surface area contributed by atoms with E-state index in [1.165, 1.54) is 40.5 Å². The fourth-order valence-corrected chi connectivity index (χ4v) is 6.95. The van der Waals surface area contributed by atoms with E-state index >= 15 is 0 Å². The van der Waals surface area contributed by atoms with Crippen LogP contribution in [0.5, 0.6) is 0 Å². The normalized spacial score (nSPS) is 20.7. The molecule has 1 aliphatic heterocycles. The quantitative estimate of drug-likeness (QED) is 0.441. The van der Waals surface area contributed by atoms with Crippen LogP contribution in [0.4, 0.5) is 0 Å². The number of thiophene rings is 1. The number of hydrogen-bond acceptors (Lipinski definition) is 5. The van der Waals surface area contributed by atoms with Crippen LogP contribution >= 0.6 is 11.3 Å². The minimum Gasteiger partial charge on any atom is -0.395 e. The number of fused-ring (bicyclic) bond motifs is 1. The summed E-state index contributed by atoms with van der Waals surface area (Å²) in [7, 11) is 0. The van der Waals surface area contributed by atoms with Gasteiger partial charge in [-0.3, -0.25) is 9.88 Å². The zero-order valence-electron chi connectivity index (χ0n) is 19.9. The average molecular weight is 477 g/mol. The van der Waals surface area contributed by atoms with Crippen molar-refractivity contribution in [1.29, 1.82) is 0 Å². The highest BCUT2D eigenvalue weighted by Gasteiger charge is 2.44. The van der Waals surface area contributed by atoms with Crippen LogP contribution in [0.15, 0.2) is 60.1 Å². The highest BCUT2D eigenvalue weighted by Crippen LogP contribution is 2.40. The Morgan fingerprint density at radius 2 is 1.97 bits per heavy atom. The Morgan fingerprint density at radius 3 is 2.71 bits per heavy atom. The van der Waals surface area contributed by atoms with E-state index in [2.05, 4.69) is 45.6 Å². The van der Waals surface area contributed by atoms with Gasteiger partial charge in [-0.05, 0) is 78.2 Å². The Bertz CT molecular complexity index is 1110. The number of aliphatic hydroxyl groups is 2. The van der Waals surface area contributed by atoms with Gasteiger partial charge in [-0.15, -0.1) is 11.3 Å². The van der Waals surface area contributed by atoms with E-state index in [0.29, 0.717) is 6.42 Å². The molecule has 2 unspecified atom stereocenters. The maximum atomic E-state index is 11.6. The number of benzene rings is 1. The second kappa shape index (κ2) is 10.7. The molecule has 5 heteroatoms. The van der Waals surface area contributed by atoms with Crippen LogP contribution in [0.25, 0.3) is 15.7 Å². The van der Waals surface area contributed by atoms with Crippen molar-refractivity contribution >= 4 is 27.0 Å². The molecule has 2 N–H and O–H groups in total. The standard InChI is InChI=1S/C29H36N2O2S/c32-21-29(26-11-4-5-16-30-26,28(33)24-7-2-1-3-8-24)15-19-31-17-12-22(13-18-31)25-10-6-9-23-14-20-34-27(23)25/h4-6,9-12,14,16,20,24,28,32-33H,1-3,7-8,13,15,17-19,21H2. The summed E-state index contributed by atoms with van der Waals surface area (Å²) in [6.07, 6.45) is 11.0. The van der Waals surface area contributed by atoms with E-state index < -0.39 is 11.5 Å². The van der Waals surface area contributed by atoms with Gasteiger partial charge in [-0.2, -0.15) is 0 Å². The van der Waals surface area contributed by atoms with E-state index in [9.17, 15) is 10.2 Å². The molecule has 1 aromatic carbocycles. The molecule has 0 amide bonds. The Labute approximate surface area is 207 Å². The molecular formula is C29H36N2O2S. The van der Waals surface area contributed by atoms with Gasteiger partial charge in [-0.25, -0.2) is 0 Å². The van der Waals surface area contributed by atoms with Crippen LogP contribution in [0.3, 0.4) is 0 Å². The third kappa shape index (κ3) is 4.72. The number of pyridine rings is 1. The Morgan fingerprint density at radius 1 is 1.09 bits per heavy atom. The molecule has 5 rings (SSSR count). The van der Waals surface area contributed by atoms with Crippen molar-refractivity contribution < 1.29 is 10.2 Å². The summed E-state index contributed by atoms with van der Waals surface area (Å²) in [5, 5.41) is 25.8. The molecule has 0 spiro atoms.